The van der Waals surface area contributed by atoms with Gasteiger partial charge >= 0.3 is 0 Å². The third-order valence-electron chi connectivity index (χ3n) is 3.30. The van der Waals surface area contributed by atoms with Crippen LogP contribution in [-0.2, 0) is 6.54 Å². The van der Waals surface area contributed by atoms with Gasteiger partial charge in [-0.1, -0.05) is 12.1 Å². The summed E-state index contributed by atoms with van der Waals surface area (Å²) in [7, 11) is 0. The number of benzene rings is 2. The van der Waals surface area contributed by atoms with Gasteiger partial charge in [0.2, 0.25) is 0 Å². The molecule has 8 heteroatoms. The molecule has 25 heavy (non-hydrogen) atoms. The Labute approximate surface area is 147 Å². The molecule has 0 radical (unpaired) electrons. The molecule has 2 N–H and O–H groups in total. The number of aromatic nitrogens is 2. The summed E-state index contributed by atoms with van der Waals surface area (Å²) in [5.74, 6) is -1.72. The van der Waals surface area contributed by atoms with E-state index in [4.69, 9.17) is 12.2 Å². The summed E-state index contributed by atoms with van der Waals surface area (Å²) in [6, 6.07) is 9.38. The summed E-state index contributed by atoms with van der Waals surface area (Å²) in [6.07, 6.45) is 3.22. The second-order valence-corrected chi connectivity index (χ2v) is 5.67. The van der Waals surface area contributed by atoms with Crippen LogP contribution in [0.15, 0.2) is 54.9 Å². The summed E-state index contributed by atoms with van der Waals surface area (Å²) < 4.78 is 41.3. The number of thiocarbonyl (C=S) groups is 1. The van der Waals surface area contributed by atoms with E-state index in [1.807, 2.05) is 0 Å². The van der Waals surface area contributed by atoms with Gasteiger partial charge in [-0.2, -0.15) is 5.10 Å². The van der Waals surface area contributed by atoms with Crippen LogP contribution in [-0.4, -0.2) is 14.9 Å². The number of rotatable bonds is 4. The zero-order valence-corrected chi connectivity index (χ0v) is 13.7. The van der Waals surface area contributed by atoms with Crippen LogP contribution in [0.1, 0.15) is 5.56 Å². The fourth-order valence-corrected chi connectivity index (χ4v) is 2.44. The fourth-order valence-electron chi connectivity index (χ4n) is 2.21. The fraction of sp³-hybridized carbons (Fsp3) is 0.0588. The smallest absolute Gasteiger partial charge is 0.175 e. The molecule has 3 aromatic rings. The lowest BCUT2D eigenvalue weighted by molar-refractivity contribution is 0.586. The Morgan fingerprint density at radius 3 is 2.60 bits per heavy atom. The summed E-state index contributed by atoms with van der Waals surface area (Å²) >= 11 is 5.10. The summed E-state index contributed by atoms with van der Waals surface area (Å²) in [4.78, 5) is 0. The third-order valence-corrected chi connectivity index (χ3v) is 3.51. The molecule has 1 aromatic heterocycles. The molecule has 0 aliphatic rings. The van der Waals surface area contributed by atoms with Gasteiger partial charge < -0.3 is 10.6 Å². The minimum absolute atomic E-state index is 0.0612. The molecule has 0 unspecified atom stereocenters. The first-order valence-electron chi connectivity index (χ1n) is 7.29. The zero-order chi connectivity index (χ0) is 17.8. The average Bonchev–Trinajstić information content (AvgIpc) is 2.97. The Morgan fingerprint density at radius 1 is 1.04 bits per heavy atom. The Morgan fingerprint density at radius 2 is 1.84 bits per heavy atom. The van der Waals surface area contributed by atoms with Gasteiger partial charge in [0, 0.05) is 12.3 Å². The van der Waals surface area contributed by atoms with Crippen molar-refractivity contribution in [3.05, 3.63) is 77.9 Å². The molecule has 0 bridgehead atoms. The van der Waals surface area contributed by atoms with Crippen LogP contribution >= 0.6 is 12.2 Å². The first-order valence-corrected chi connectivity index (χ1v) is 7.70. The van der Waals surface area contributed by atoms with Crippen molar-refractivity contribution in [1.29, 1.82) is 0 Å². The maximum Gasteiger partial charge on any atom is 0.175 e. The molecule has 2 aromatic carbocycles. The van der Waals surface area contributed by atoms with Gasteiger partial charge in [-0.05, 0) is 42.0 Å². The molecule has 0 fully saturated rings. The molecular weight excluding hydrogens is 349 g/mol. The van der Waals surface area contributed by atoms with Crippen LogP contribution in [0.3, 0.4) is 0 Å². The van der Waals surface area contributed by atoms with E-state index in [1.54, 1.807) is 23.0 Å². The molecule has 0 aliphatic carbocycles. The molecular formula is C17H13F3N4S. The molecule has 0 saturated carbocycles. The molecule has 0 spiro atoms. The van der Waals surface area contributed by atoms with E-state index < -0.39 is 11.6 Å². The summed E-state index contributed by atoms with van der Waals surface area (Å²) in [6.45, 7) is 0.395. The van der Waals surface area contributed by atoms with Gasteiger partial charge in [0.05, 0.1) is 24.1 Å². The molecule has 0 atom stereocenters. The highest BCUT2D eigenvalue weighted by Crippen LogP contribution is 2.16. The van der Waals surface area contributed by atoms with Crippen molar-refractivity contribution in [1.82, 2.24) is 9.78 Å². The first kappa shape index (κ1) is 17.0. The highest BCUT2D eigenvalue weighted by molar-refractivity contribution is 7.80. The van der Waals surface area contributed by atoms with E-state index >= 15 is 0 Å². The number of halogens is 3. The average molecular weight is 362 g/mol. The second kappa shape index (κ2) is 7.35. The lowest BCUT2D eigenvalue weighted by Crippen LogP contribution is -2.19. The SMILES string of the molecule is Fc1cccc(Cn2cc(NC(=S)Nc3ccc(F)cc3F)cn2)c1. The van der Waals surface area contributed by atoms with Crippen molar-refractivity contribution in [2.75, 3.05) is 10.6 Å². The molecule has 0 saturated heterocycles. The van der Waals surface area contributed by atoms with Gasteiger partial charge in [-0.15, -0.1) is 0 Å². The van der Waals surface area contributed by atoms with Crippen LogP contribution < -0.4 is 10.6 Å². The Bertz CT molecular complexity index is 910. The van der Waals surface area contributed by atoms with Crippen molar-refractivity contribution < 1.29 is 13.2 Å². The molecule has 128 valence electrons. The lowest BCUT2D eigenvalue weighted by Gasteiger charge is -2.09. The van der Waals surface area contributed by atoms with Crippen molar-refractivity contribution in [2.45, 2.75) is 6.54 Å². The van der Waals surface area contributed by atoms with E-state index in [-0.39, 0.29) is 16.6 Å². The minimum Gasteiger partial charge on any atom is -0.330 e. The number of nitrogens with zero attached hydrogens (tertiary/aromatic N) is 2. The zero-order valence-electron chi connectivity index (χ0n) is 12.8. The normalized spacial score (nSPS) is 10.5. The molecule has 0 amide bonds. The maximum absolute atomic E-state index is 13.6. The van der Waals surface area contributed by atoms with E-state index in [0.717, 1.165) is 17.7 Å². The monoisotopic (exact) mass is 362 g/mol. The number of nitrogens with one attached hydrogen (secondary N) is 2. The predicted molar refractivity (Wildman–Crippen MR) is 93.9 cm³/mol. The molecule has 1 heterocycles. The van der Waals surface area contributed by atoms with Crippen LogP contribution in [0.4, 0.5) is 24.5 Å². The van der Waals surface area contributed by atoms with E-state index in [1.165, 1.54) is 24.4 Å². The highest BCUT2D eigenvalue weighted by atomic mass is 32.1. The van der Waals surface area contributed by atoms with Crippen molar-refractivity contribution in [3.63, 3.8) is 0 Å². The van der Waals surface area contributed by atoms with E-state index in [2.05, 4.69) is 15.7 Å². The first-order chi connectivity index (χ1) is 12.0. The van der Waals surface area contributed by atoms with E-state index in [9.17, 15) is 13.2 Å². The Balaban J connectivity index is 1.61. The predicted octanol–water partition coefficient (Wildman–Crippen LogP) is 4.16. The van der Waals surface area contributed by atoms with Gasteiger partial charge in [-0.25, -0.2) is 13.2 Å². The van der Waals surface area contributed by atoms with E-state index in [0.29, 0.717) is 12.2 Å². The minimum atomic E-state index is -0.744. The van der Waals surface area contributed by atoms with Crippen molar-refractivity contribution >= 4 is 28.7 Å². The standard InChI is InChI=1S/C17H13F3N4S/c18-12-3-1-2-11(6-12)9-24-10-14(8-21-24)22-17(25)23-16-5-4-13(19)7-15(16)20/h1-8,10H,9H2,(H2,22,23,25). The van der Waals surface area contributed by atoms with Gasteiger partial charge in [0.15, 0.2) is 5.11 Å². The summed E-state index contributed by atoms with van der Waals surface area (Å²) in [5, 5.41) is 9.78. The quantitative estimate of drug-likeness (QED) is 0.684. The molecule has 3 rings (SSSR count). The van der Waals surface area contributed by atoms with Crippen molar-refractivity contribution in [3.8, 4) is 0 Å². The topological polar surface area (TPSA) is 41.9 Å². The van der Waals surface area contributed by atoms with Crippen LogP contribution in [0.5, 0.6) is 0 Å². The maximum atomic E-state index is 13.6. The second-order valence-electron chi connectivity index (χ2n) is 5.26. The number of anilines is 2. The largest absolute Gasteiger partial charge is 0.330 e. The number of hydrogen-bond acceptors (Lipinski definition) is 2. The van der Waals surface area contributed by atoms with Crippen molar-refractivity contribution in [2.24, 2.45) is 0 Å². The summed E-state index contributed by atoms with van der Waals surface area (Å²) in [5.41, 5.74) is 1.41. The van der Waals surface area contributed by atoms with Crippen LogP contribution in [0.25, 0.3) is 0 Å². The van der Waals surface area contributed by atoms with Gasteiger partial charge in [0.1, 0.15) is 17.5 Å². The highest BCUT2D eigenvalue weighted by Gasteiger charge is 2.07. The third kappa shape index (κ3) is 4.57. The lowest BCUT2D eigenvalue weighted by atomic mass is 10.2. The molecule has 0 aliphatic heterocycles. The Hall–Kier alpha value is -2.87. The molecule has 4 nitrogen and oxygen atoms in total. The van der Waals surface area contributed by atoms with Gasteiger partial charge in [0.25, 0.3) is 0 Å². The number of hydrogen-bond donors (Lipinski definition) is 2. The van der Waals surface area contributed by atoms with Crippen LogP contribution in [0.2, 0.25) is 0 Å². The van der Waals surface area contributed by atoms with Crippen LogP contribution in [0, 0.1) is 17.5 Å². The van der Waals surface area contributed by atoms with Gasteiger partial charge in [-0.3, -0.25) is 4.68 Å². The Kier molecular flexibility index (Phi) is 4.99.